The summed E-state index contributed by atoms with van der Waals surface area (Å²) in [5, 5.41) is 9.03. The summed E-state index contributed by atoms with van der Waals surface area (Å²) in [4.78, 5) is 0. The van der Waals surface area contributed by atoms with Crippen molar-refractivity contribution in [1.29, 1.82) is 0 Å². The second-order valence-electron chi connectivity index (χ2n) is 3.29. The molecule has 1 nitrogen and oxygen atoms in total. The van der Waals surface area contributed by atoms with E-state index in [1.165, 1.54) is 11.1 Å². The van der Waals surface area contributed by atoms with Gasteiger partial charge >= 0.3 is 0 Å². The van der Waals surface area contributed by atoms with Gasteiger partial charge in [0.1, 0.15) is 0 Å². The zero-order valence-corrected chi connectivity index (χ0v) is 6.81. The first-order valence-corrected chi connectivity index (χ1v) is 3.57. The van der Waals surface area contributed by atoms with Crippen LogP contribution in [0.15, 0.2) is 23.3 Å². The number of allylic oxidation sites excluding steroid dienone is 2. The van der Waals surface area contributed by atoms with E-state index >= 15 is 0 Å². The Morgan fingerprint density at radius 1 is 1.50 bits per heavy atom. The lowest BCUT2D eigenvalue weighted by Gasteiger charge is -2.20. The molecule has 1 rings (SSSR count). The van der Waals surface area contributed by atoms with Crippen LogP contribution in [0.1, 0.15) is 20.8 Å². The highest BCUT2D eigenvalue weighted by atomic mass is 16.3. The number of hydrogen-bond donors (Lipinski definition) is 1. The second-order valence-corrected chi connectivity index (χ2v) is 3.29. The van der Waals surface area contributed by atoms with Crippen LogP contribution in [0, 0.1) is 5.41 Å². The summed E-state index contributed by atoms with van der Waals surface area (Å²) in [7, 11) is 0. The maximum absolute atomic E-state index is 9.03. The van der Waals surface area contributed by atoms with E-state index in [-0.39, 0.29) is 12.0 Å². The van der Waals surface area contributed by atoms with Crippen LogP contribution in [0.4, 0.5) is 0 Å². The summed E-state index contributed by atoms with van der Waals surface area (Å²) in [6.45, 7) is 6.38. The summed E-state index contributed by atoms with van der Waals surface area (Å²) >= 11 is 0. The van der Waals surface area contributed by atoms with E-state index in [2.05, 4.69) is 32.9 Å². The average molecular weight is 138 g/mol. The van der Waals surface area contributed by atoms with E-state index in [1.54, 1.807) is 0 Å². The third-order valence-corrected chi connectivity index (χ3v) is 2.22. The molecule has 1 aliphatic carbocycles. The Labute approximate surface area is 62.1 Å². The highest BCUT2D eigenvalue weighted by Crippen LogP contribution is 2.35. The predicted molar refractivity (Wildman–Crippen MR) is 42.7 cm³/mol. The smallest absolute Gasteiger partial charge is 0.0557 e. The van der Waals surface area contributed by atoms with Crippen molar-refractivity contribution < 1.29 is 5.11 Å². The standard InChI is InChI=1S/C9H14O/c1-7-4-8(2)9(3,5-7)6-10/h4-5,10H,6H2,1-3H3. The van der Waals surface area contributed by atoms with Crippen LogP contribution in [0.2, 0.25) is 0 Å². The Bertz CT molecular complexity index is 201. The maximum atomic E-state index is 9.03. The van der Waals surface area contributed by atoms with Gasteiger partial charge in [0.05, 0.1) is 6.61 Å². The molecule has 0 aromatic rings. The van der Waals surface area contributed by atoms with Gasteiger partial charge in [-0.3, -0.25) is 0 Å². The van der Waals surface area contributed by atoms with Crippen molar-refractivity contribution in [2.24, 2.45) is 5.41 Å². The molecule has 0 saturated heterocycles. The highest BCUT2D eigenvalue weighted by molar-refractivity contribution is 5.37. The van der Waals surface area contributed by atoms with Crippen molar-refractivity contribution in [3.05, 3.63) is 23.3 Å². The zero-order valence-electron chi connectivity index (χ0n) is 6.81. The Balaban J connectivity index is 2.93. The average Bonchev–Trinajstić information content (AvgIpc) is 2.09. The summed E-state index contributed by atoms with van der Waals surface area (Å²) in [5.74, 6) is 0. The number of aliphatic hydroxyl groups is 1. The van der Waals surface area contributed by atoms with Gasteiger partial charge in [-0.1, -0.05) is 30.2 Å². The van der Waals surface area contributed by atoms with Crippen LogP contribution < -0.4 is 0 Å². The van der Waals surface area contributed by atoms with Crippen molar-refractivity contribution >= 4 is 0 Å². The van der Waals surface area contributed by atoms with Crippen molar-refractivity contribution in [2.75, 3.05) is 6.61 Å². The molecule has 0 saturated carbocycles. The van der Waals surface area contributed by atoms with Crippen LogP contribution in [0.25, 0.3) is 0 Å². The summed E-state index contributed by atoms with van der Waals surface area (Å²) in [5.41, 5.74) is 2.44. The van der Waals surface area contributed by atoms with Gasteiger partial charge < -0.3 is 5.11 Å². The summed E-state index contributed by atoms with van der Waals surface area (Å²) in [6.07, 6.45) is 4.23. The van der Waals surface area contributed by atoms with Crippen LogP contribution in [-0.2, 0) is 0 Å². The minimum absolute atomic E-state index is 0.0793. The summed E-state index contributed by atoms with van der Waals surface area (Å²) < 4.78 is 0. The van der Waals surface area contributed by atoms with Crippen LogP contribution in [-0.4, -0.2) is 11.7 Å². The molecule has 56 valence electrons. The maximum Gasteiger partial charge on any atom is 0.0557 e. The van der Waals surface area contributed by atoms with Gasteiger partial charge in [0.2, 0.25) is 0 Å². The van der Waals surface area contributed by atoms with Gasteiger partial charge in [0.15, 0.2) is 0 Å². The van der Waals surface area contributed by atoms with Gasteiger partial charge in [-0.2, -0.15) is 0 Å². The monoisotopic (exact) mass is 138 g/mol. The van der Waals surface area contributed by atoms with Gasteiger partial charge in [-0.25, -0.2) is 0 Å². The van der Waals surface area contributed by atoms with E-state index in [4.69, 9.17) is 5.11 Å². The Hall–Kier alpha value is -0.560. The molecule has 10 heavy (non-hydrogen) atoms. The molecule has 0 aromatic carbocycles. The largest absolute Gasteiger partial charge is 0.395 e. The molecule has 1 aliphatic rings. The van der Waals surface area contributed by atoms with E-state index in [0.29, 0.717) is 0 Å². The predicted octanol–water partition coefficient (Wildman–Crippen LogP) is 1.89. The van der Waals surface area contributed by atoms with Crippen molar-refractivity contribution in [3.8, 4) is 0 Å². The number of hydrogen-bond acceptors (Lipinski definition) is 1. The minimum Gasteiger partial charge on any atom is -0.395 e. The molecule has 0 heterocycles. The highest BCUT2D eigenvalue weighted by Gasteiger charge is 2.26. The fourth-order valence-electron chi connectivity index (χ4n) is 1.33. The molecule has 0 spiro atoms. The third-order valence-electron chi connectivity index (χ3n) is 2.22. The Morgan fingerprint density at radius 2 is 2.10 bits per heavy atom. The fraction of sp³-hybridized carbons (Fsp3) is 0.556. The Morgan fingerprint density at radius 3 is 2.30 bits per heavy atom. The van der Waals surface area contributed by atoms with Crippen LogP contribution in [0.3, 0.4) is 0 Å². The first-order valence-electron chi connectivity index (χ1n) is 3.57. The lowest BCUT2D eigenvalue weighted by atomic mass is 9.87. The van der Waals surface area contributed by atoms with Gasteiger partial charge in [-0.05, 0) is 13.8 Å². The fourth-order valence-corrected chi connectivity index (χ4v) is 1.33. The van der Waals surface area contributed by atoms with E-state index in [0.717, 1.165) is 0 Å². The normalized spacial score (nSPS) is 32.0. The van der Waals surface area contributed by atoms with Gasteiger partial charge in [0.25, 0.3) is 0 Å². The van der Waals surface area contributed by atoms with Crippen molar-refractivity contribution in [3.63, 3.8) is 0 Å². The first kappa shape index (κ1) is 7.55. The molecule has 0 amide bonds. The minimum atomic E-state index is -0.0793. The SMILES string of the molecule is CC1=CC(C)(CO)C(C)=C1. The molecular weight excluding hydrogens is 124 g/mol. The third kappa shape index (κ3) is 1.01. The molecule has 0 fully saturated rings. The van der Waals surface area contributed by atoms with Gasteiger partial charge in [-0.15, -0.1) is 0 Å². The zero-order chi connectivity index (χ0) is 7.78. The van der Waals surface area contributed by atoms with Crippen molar-refractivity contribution in [1.82, 2.24) is 0 Å². The molecule has 1 atom stereocenters. The topological polar surface area (TPSA) is 20.2 Å². The van der Waals surface area contributed by atoms with Gasteiger partial charge in [0, 0.05) is 5.41 Å². The molecule has 0 radical (unpaired) electrons. The molecule has 0 bridgehead atoms. The van der Waals surface area contributed by atoms with E-state index in [9.17, 15) is 0 Å². The summed E-state index contributed by atoms with van der Waals surface area (Å²) in [6, 6.07) is 0. The lowest BCUT2D eigenvalue weighted by molar-refractivity contribution is 0.213. The Kier molecular flexibility index (Phi) is 1.69. The first-order chi connectivity index (χ1) is 4.58. The van der Waals surface area contributed by atoms with E-state index < -0.39 is 0 Å². The quantitative estimate of drug-likeness (QED) is 0.586. The second kappa shape index (κ2) is 2.24. The van der Waals surface area contributed by atoms with Crippen molar-refractivity contribution in [2.45, 2.75) is 20.8 Å². The van der Waals surface area contributed by atoms with E-state index in [1.807, 2.05) is 0 Å². The molecule has 1 unspecified atom stereocenters. The molecular formula is C9H14O. The molecule has 0 aliphatic heterocycles. The van der Waals surface area contributed by atoms with Crippen LogP contribution in [0.5, 0.6) is 0 Å². The number of aliphatic hydroxyl groups excluding tert-OH is 1. The van der Waals surface area contributed by atoms with Crippen LogP contribution >= 0.6 is 0 Å². The molecule has 1 N–H and O–H groups in total. The molecule has 1 heteroatoms. The lowest BCUT2D eigenvalue weighted by Crippen LogP contribution is -2.17. The number of rotatable bonds is 1. The molecule has 0 aromatic heterocycles.